The fraction of sp³-hybridized carbons (Fsp3) is 0.571. The van der Waals surface area contributed by atoms with Gasteiger partial charge in [0.1, 0.15) is 0 Å². The molecule has 1 fully saturated rings. The first-order valence-electron chi connectivity index (χ1n) is 6.25. The van der Waals surface area contributed by atoms with E-state index in [-0.39, 0.29) is 0 Å². The number of halogens is 3. The molecule has 0 aromatic heterocycles. The average molecular weight is 292 g/mol. The lowest BCUT2D eigenvalue weighted by Crippen LogP contribution is -2.16. The molecule has 0 bridgehead atoms. The van der Waals surface area contributed by atoms with Crippen molar-refractivity contribution in [2.75, 3.05) is 0 Å². The molecular formula is C14H17Cl3. The summed E-state index contributed by atoms with van der Waals surface area (Å²) in [6, 6.07) is 5.75. The molecule has 0 nitrogen and oxygen atoms in total. The van der Waals surface area contributed by atoms with Crippen molar-refractivity contribution in [2.45, 2.75) is 43.9 Å². The van der Waals surface area contributed by atoms with Crippen molar-refractivity contribution in [3.63, 3.8) is 0 Å². The Morgan fingerprint density at radius 2 is 1.82 bits per heavy atom. The third-order valence-corrected chi connectivity index (χ3v) is 4.73. The van der Waals surface area contributed by atoms with Gasteiger partial charge in [0.15, 0.2) is 0 Å². The standard InChI is InChI=1S/C14H17Cl3/c15-12-7-6-11(14(17)9-12)8-10-4-2-1-3-5-13(10)16/h6-7,9-10,13H,1-5,8H2. The normalized spacial score (nSPS) is 25.6. The van der Waals surface area contributed by atoms with Crippen molar-refractivity contribution >= 4 is 34.8 Å². The van der Waals surface area contributed by atoms with Crippen molar-refractivity contribution in [1.29, 1.82) is 0 Å². The molecule has 0 saturated heterocycles. The van der Waals surface area contributed by atoms with Gasteiger partial charge in [-0.2, -0.15) is 0 Å². The Kier molecular flexibility index (Phi) is 5.02. The molecule has 1 aromatic carbocycles. The molecule has 0 spiro atoms. The van der Waals surface area contributed by atoms with Crippen molar-refractivity contribution in [3.8, 4) is 0 Å². The lowest BCUT2D eigenvalue weighted by molar-refractivity contribution is 0.465. The Labute approximate surface area is 118 Å². The van der Waals surface area contributed by atoms with Crippen molar-refractivity contribution in [3.05, 3.63) is 33.8 Å². The van der Waals surface area contributed by atoms with Crippen LogP contribution in [0.5, 0.6) is 0 Å². The molecule has 2 rings (SSSR count). The number of rotatable bonds is 2. The Morgan fingerprint density at radius 1 is 1.06 bits per heavy atom. The van der Waals surface area contributed by atoms with Gasteiger partial charge in [-0.1, -0.05) is 48.5 Å². The molecule has 0 heterocycles. The van der Waals surface area contributed by atoms with E-state index in [1.807, 2.05) is 18.2 Å². The summed E-state index contributed by atoms with van der Waals surface area (Å²) in [5.74, 6) is 0.554. The fourth-order valence-corrected chi connectivity index (χ4v) is 3.39. The molecule has 17 heavy (non-hydrogen) atoms. The largest absolute Gasteiger partial charge is 0.123 e. The quantitative estimate of drug-likeness (QED) is 0.482. The maximum atomic E-state index is 6.45. The van der Waals surface area contributed by atoms with E-state index in [9.17, 15) is 0 Å². The van der Waals surface area contributed by atoms with Crippen LogP contribution in [0.3, 0.4) is 0 Å². The zero-order valence-electron chi connectivity index (χ0n) is 9.76. The van der Waals surface area contributed by atoms with Crippen LogP contribution >= 0.6 is 34.8 Å². The highest BCUT2D eigenvalue weighted by Gasteiger charge is 2.22. The van der Waals surface area contributed by atoms with E-state index in [2.05, 4.69) is 0 Å². The minimum Gasteiger partial charge on any atom is -0.123 e. The van der Waals surface area contributed by atoms with E-state index >= 15 is 0 Å². The first-order chi connectivity index (χ1) is 8.16. The minimum absolute atomic E-state index is 0.296. The summed E-state index contributed by atoms with van der Waals surface area (Å²) in [7, 11) is 0. The van der Waals surface area contributed by atoms with E-state index < -0.39 is 0 Å². The van der Waals surface area contributed by atoms with Gasteiger partial charge in [-0.15, -0.1) is 11.6 Å². The predicted molar refractivity (Wildman–Crippen MR) is 76.4 cm³/mol. The summed E-state index contributed by atoms with van der Waals surface area (Å²) in [5.41, 5.74) is 1.17. The van der Waals surface area contributed by atoms with Crippen LogP contribution in [-0.4, -0.2) is 5.38 Å². The van der Waals surface area contributed by atoms with Crippen LogP contribution in [-0.2, 0) is 6.42 Å². The Bertz CT molecular complexity index is 376. The smallest absolute Gasteiger partial charge is 0.0452 e. The Balaban J connectivity index is 2.08. The average Bonchev–Trinajstić information content (AvgIpc) is 2.48. The maximum absolute atomic E-state index is 6.45. The van der Waals surface area contributed by atoms with E-state index in [1.165, 1.54) is 31.2 Å². The van der Waals surface area contributed by atoms with Crippen LogP contribution < -0.4 is 0 Å². The van der Waals surface area contributed by atoms with E-state index in [0.29, 0.717) is 16.3 Å². The number of hydrogen-bond donors (Lipinski definition) is 0. The number of hydrogen-bond acceptors (Lipinski definition) is 0. The summed E-state index contributed by atoms with van der Waals surface area (Å²) >= 11 is 18.6. The van der Waals surface area contributed by atoms with Gasteiger partial charge in [-0.25, -0.2) is 0 Å². The summed E-state index contributed by atoms with van der Waals surface area (Å²) in [6.07, 6.45) is 7.20. The van der Waals surface area contributed by atoms with Crippen LogP contribution in [0.25, 0.3) is 0 Å². The highest BCUT2D eigenvalue weighted by Crippen LogP contribution is 2.32. The molecule has 0 radical (unpaired) electrons. The van der Waals surface area contributed by atoms with Crippen LogP contribution in [0.4, 0.5) is 0 Å². The van der Waals surface area contributed by atoms with Gasteiger partial charge in [0.25, 0.3) is 0 Å². The molecule has 1 saturated carbocycles. The van der Waals surface area contributed by atoms with Gasteiger partial charge in [0.2, 0.25) is 0 Å². The van der Waals surface area contributed by atoms with Gasteiger partial charge in [-0.05, 0) is 42.9 Å². The third kappa shape index (κ3) is 3.77. The molecule has 3 heteroatoms. The van der Waals surface area contributed by atoms with Gasteiger partial charge in [0.05, 0.1) is 0 Å². The first-order valence-corrected chi connectivity index (χ1v) is 7.44. The van der Waals surface area contributed by atoms with E-state index in [4.69, 9.17) is 34.8 Å². The van der Waals surface area contributed by atoms with Crippen LogP contribution in [0.1, 0.15) is 37.7 Å². The van der Waals surface area contributed by atoms with Gasteiger partial charge in [-0.3, -0.25) is 0 Å². The number of alkyl halides is 1. The molecule has 1 aromatic rings. The maximum Gasteiger partial charge on any atom is 0.0452 e. The number of benzene rings is 1. The summed E-state index contributed by atoms with van der Waals surface area (Å²) in [5, 5.41) is 1.76. The van der Waals surface area contributed by atoms with Crippen LogP contribution in [0.2, 0.25) is 10.0 Å². The molecule has 2 unspecified atom stereocenters. The topological polar surface area (TPSA) is 0 Å². The zero-order chi connectivity index (χ0) is 12.3. The second-order valence-electron chi connectivity index (χ2n) is 4.85. The SMILES string of the molecule is Clc1ccc(CC2CCCCCC2Cl)c(Cl)c1. The molecule has 94 valence electrons. The summed E-state index contributed by atoms with van der Waals surface area (Å²) in [6.45, 7) is 0. The highest BCUT2D eigenvalue weighted by atomic mass is 35.5. The third-order valence-electron chi connectivity index (χ3n) is 3.56. The van der Waals surface area contributed by atoms with Crippen LogP contribution in [0.15, 0.2) is 18.2 Å². The van der Waals surface area contributed by atoms with E-state index in [0.717, 1.165) is 17.9 Å². The molecule has 1 aliphatic rings. The zero-order valence-corrected chi connectivity index (χ0v) is 12.0. The van der Waals surface area contributed by atoms with Crippen LogP contribution in [0, 0.1) is 5.92 Å². The molecule has 0 N–H and O–H groups in total. The predicted octanol–water partition coefficient (Wildman–Crippen LogP) is 5.72. The fourth-order valence-electron chi connectivity index (χ4n) is 2.54. The summed E-state index contributed by atoms with van der Waals surface area (Å²) in [4.78, 5) is 0. The van der Waals surface area contributed by atoms with Crippen molar-refractivity contribution in [1.82, 2.24) is 0 Å². The second-order valence-corrected chi connectivity index (χ2v) is 6.26. The minimum atomic E-state index is 0.296. The second kappa shape index (κ2) is 6.31. The molecular weight excluding hydrogens is 275 g/mol. The lowest BCUT2D eigenvalue weighted by atomic mass is 9.92. The van der Waals surface area contributed by atoms with Crippen molar-refractivity contribution < 1.29 is 0 Å². The Morgan fingerprint density at radius 3 is 2.59 bits per heavy atom. The summed E-state index contributed by atoms with van der Waals surface area (Å²) < 4.78 is 0. The monoisotopic (exact) mass is 290 g/mol. The van der Waals surface area contributed by atoms with Gasteiger partial charge >= 0.3 is 0 Å². The first kappa shape index (κ1) is 13.5. The van der Waals surface area contributed by atoms with Crippen molar-refractivity contribution in [2.24, 2.45) is 5.92 Å². The molecule has 0 aliphatic heterocycles. The molecule has 0 amide bonds. The molecule has 1 aliphatic carbocycles. The molecule has 2 atom stereocenters. The van der Waals surface area contributed by atoms with Gasteiger partial charge in [0, 0.05) is 15.4 Å². The van der Waals surface area contributed by atoms with Gasteiger partial charge < -0.3 is 0 Å². The lowest BCUT2D eigenvalue weighted by Gasteiger charge is -2.20. The Hall–Kier alpha value is 0.0900. The van der Waals surface area contributed by atoms with E-state index in [1.54, 1.807) is 0 Å². The highest BCUT2D eigenvalue weighted by molar-refractivity contribution is 6.35.